The first-order valence-electron chi connectivity index (χ1n) is 3.67. The van der Waals surface area contributed by atoms with Gasteiger partial charge < -0.3 is 10.6 Å². The summed E-state index contributed by atoms with van der Waals surface area (Å²) < 4.78 is 0. The molecule has 3 nitrogen and oxygen atoms in total. The second-order valence-corrected chi connectivity index (χ2v) is 2.51. The Morgan fingerprint density at radius 2 is 2.33 bits per heavy atom. The summed E-state index contributed by atoms with van der Waals surface area (Å²) in [5.41, 5.74) is 0. The molecule has 12 heavy (non-hydrogen) atoms. The summed E-state index contributed by atoms with van der Waals surface area (Å²) in [7, 11) is 0. The van der Waals surface area contributed by atoms with Crippen molar-refractivity contribution in [3.8, 4) is 0 Å². The Kier molecular flexibility index (Phi) is 7.49. The van der Waals surface area contributed by atoms with E-state index in [9.17, 15) is 0 Å². The van der Waals surface area contributed by atoms with Gasteiger partial charge in [0, 0.05) is 18.3 Å². The predicted molar refractivity (Wildman–Crippen MR) is 53.5 cm³/mol. The van der Waals surface area contributed by atoms with E-state index < -0.39 is 0 Å². The van der Waals surface area contributed by atoms with Gasteiger partial charge in [-0.05, 0) is 12.4 Å². The highest BCUT2D eigenvalue weighted by Crippen LogP contribution is 1.99. The summed E-state index contributed by atoms with van der Waals surface area (Å²) in [6.07, 6.45) is 6.36. The van der Waals surface area contributed by atoms with Gasteiger partial charge in [0.2, 0.25) is 0 Å². The summed E-state index contributed by atoms with van der Waals surface area (Å²) in [5.74, 6) is 0.814. The van der Waals surface area contributed by atoms with Gasteiger partial charge in [0.1, 0.15) is 0 Å². The van der Waals surface area contributed by atoms with E-state index in [1.807, 2.05) is 6.08 Å². The van der Waals surface area contributed by atoms with Crippen molar-refractivity contribution in [3.05, 3.63) is 25.1 Å². The Labute approximate surface area is 78.0 Å². The minimum Gasteiger partial charge on any atom is -0.391 e. The van der Waals surface area contributed by atoms with E-state index in [2.05, 4.69) is 17.2 Å². The van der Waals surface area contributed by atoms with Gasteiger partial charge in [0.05, 0.1) is 6.34 Å². The van der Waals surface area contributed by atoms with Crippen molar-refractivity contribution in [1.82, 2.24) is 10.6 Å². The topological polar surface area (TPSA) is 47.9 Å². The van der Waals surface area contributed by atoms with Crippen LogP contribution in [0.2, 0.25) is 0 Å². The van der Waals surface area contributed by atoms with Crippen molar-refractivity contribution in [2.75, 3.05) is 12.4 Å². The van der Waals surface area contributed by atoms with Crippen LogP contribution in [0.15, 0.2) is 25.1 Å². The van der Waals surface area contributed by atoms with E-state index in [1.54, 1.807) is 12.4 Å². The third-order valence-corrected chi connectivity index (χ3v) is 1.67. The largest absolute Gasteiger partial charge is 0.391 e. The van der Waals surface area contributed by atoms with Crippen molar-refractivity contribution in [2.45, 2.75) is 0 Å². The summed E-state index contributed by atoms with van der Waals surface area (Å²) >= 11 is 5.67. The van der Waals surface area contributed by atoms with Gasteiger partial charge in [-0.2, -0.15) is 0 Å². The molecule has 0 saturated carbocycles. The molecule has 0 aromatic carbocycles. The predicted octanol–water partition coefficient (Wildman–Crippen LogP) is 1.28. The Morgan fingerprint density at radius 3 is 2.83 bits per heavy atom. The molecule has 0 spiro atoms. The molecule has 0 aliphatic carbocycles. The molecule has 4 heteroatoms. The average molecular weight is 188 g/mol. The molecular weight excluding hydrogens is 174 g/mol. The molecule has 0 fully saturated rings. The van der Waals surface area contributed by atoms with Crippen LogP contribution in [0.1, 0.15) is 0 Å². The van der Waals surface area contributed by atoms with E-state index in [1.165, 1.54) is 0 Å². The number of rotatable bonds is 7. The van der Waals surface area contributed by atoms with E-state index in [0.717, 1.165) is 12.9 Å². The molecule has 0 saturated heterocycles. The van der Waals surface area contributed by atoms with Crippen LogP contribution in [0.5, 0.6) is 0 Å². The second kappa shape index (κ2) is 8.14. The zero-order chi connectivity index (χ0) is 9.23. The molecule has 0 amide bonds. The molecule has 1 unspecified atom stereocenters. The van der Waals surface area contributed by atoms with Crippen LogP contribution in [0.25, 0.3) is 0 Å². The number of hydrogen-bond donors (Lipinski definition) is 3. The van der Waals surface area contributed by atoms with Crippen LogP contribution < -0.4 is 10.6 Å². The highest BCUT2D eigenvalue weighted by molar-refractivity contribution is 6.18. The average Bonchev–Trinajstić information content (AvgIpc) is 2.11. The monoisotopic (exact) mass is 187 g/mol. The Morgan fingerprint density at radius 1 is 1.58 bits per heavy atom. The van der Waals surface area contributed by atoms with Gasteiger partial charge in [-0.1, -0.05) is 12.7 Å². The van der Waals surface area contributed by atoms with Crippen LogP contribution in [0.4, 0.5) is 0 Å². The molecule has 0 bridgehead atoms. The van der Waals surface area contributed by atoms with Crippen LogP contribution in [-0.2, 0) is 0 Å². The van der Waals surface area contributed by atoms with Crippen molar-refractivity contribution in [2.24, 2.45) is 5.92 Å². The third-order valence-electron chi connectivity index (χ3n) is 1.27. The first-order valence-corrected chi connectivity index (χ1v) is 4.20. The first kappa shape index (κ1) is 11.0. The highest BCUT2D eigenvalue weighted by atomic mass is 35.5. The molecule has 0 aliphatic heterocycles. The molecule has 0 aromatic rings. The number of hydrogen-bond acceptors (Lipinski definition) is 2. The molecule has 0 heterocycles. The van der Waals surface area contributed by atoms with Crippen LogP contribution in [0.3, 0.4) is 0 Å². The van der Waals surface area contributed by atoms with Crippen molar-refractivity contribution in [3.63, 3.8) is 0 Å². The molecule has 0 radical (unpaired) electrons. The fourth-order valence-electron chi connectivity index (χ4n) is 0.648. The molecule has 1 atom stereocenters. The van der Waals surface area contributed by atoms with E-state index >= 15 is 0 Å². The molecule has 0 rings (SSSR count). The zero-order valence-electron chi connectivity index (χ0n) is 6.89. The normalized spacial score (nSPS) is 12.4. The standard InChI is InChI=1S/C8H14ClN3/c1-2-11-6-8(5-9)3-4-12-7-10/h2-4,7-8,11H,1,5-6H2,(H2,10,12)/b4-3-. The quantitative estimate of drug-likeness (QED) is 0.320. The first-order chi connectivity index (χ1) is 5.85. The van der Waals surface area contributed by atoms with E-state index in [-0.39, 0.29) is 5.92 Å². The zero-order valence-corrected chi connectivity index (χ0v) is 7.64. The van der Waals surface area contributed by atoms with Gasteiger partial charge in [0.25, 0.3) is 0 Å². The molecule has 0 aromatic heterocycles. The number of alkyl halides is 1. The van der Waals surface area contributed by atoms with Crippen molar-refractivity contribution >= 4 is 17.9 Å². The minimum absolute atomic E-state index is 0.261. The molecule has 3 N–H and O–H groups in total. The SMILES string of the molecule is C=CNCC(/C=C\NC=N)CCl. The number of halogens is 1. The Balaban J connectivity index is 3.64. The second-order valence-electron chi connectivity index (χ2n) is 2.20. The van der Waals surface area contributed by atoms with Gasteiger partial charge in [-0.15, -0.1) is 11.6 Å². The number of nitrogens with one attached hydrogen (secondary N) is 3. The van der Waals surface area contributed by atoms with Gasteiger partial charge in [-0.3, -0.25) is 5.41 Å². The maximum Gasteiger partial charge on any atom is 0.0830 e. The van der Waals surface area contributed by atoms with Crippen LogP contribution >= 0.6 is 11.6 Å². The lowest BCUT2D eigenvalue weighted by Crippen LogP contribution is -2.17. The lowest BCUT2D eigenvalue weighted by atomic mass is 10.2. The summed E-state index contributed by atoms with van der Waals surface area (Å²) in [5, 5.41) is 12.3. The Bertz CT molecular complexity index is 156. The van der Waals surface area contributed by atoms with Gasteiger partial charge >= 0.3 is 0 Å². The maximum absolute atomic E-state index is 6.69. The van der Waals surface area contributed by atoms with E-state index in [0.29, 0.717) is 5.88 Å². The van der Waals surface area contributed by atoms with Gasteiger partial charge in [-0.25, -0.2) is 0 Å². The van der Waals surface area contributed by atoms with Gasteiger partial charge in [0.15, 0.2) is 0 Å². The van der Waals surface area contributed by atoms with Crippen molar-refractivity contribution < 1.29 is 0 Å². The lowest BCUT2D eigenvalue weighted by Gasteiger charge is -2.07. The molecular formula is C8H14ClN3. The van der Waals surface area contributed by atoms with Crippen molar-refractivity contribution in [1.29, 1.82) is 5.41 Å². The maximum atomic E-state index is 6.69. The summed E-state index contributed by atoms with van der Waals surface area (Å²) in [4.78, 5) is 0. The van der Waals surface area contributed by atoms with Crippen LogP contribution in [-0.4, -0.2) is 18.8 Å². The van der Waals surface area contributed by atoms with Crippen LogP contribution in [0, 0.1) is 11.3 Å². The summed E-state index contributed by atoms with van der Waals surface area (Å²) in [6, 6.07) is 0. The fraction of sp³-hybridized carbons (Fsp3) is 0.375. The molecule has 0 aliphatic rings. The molecule has 68 valence electrons. The fourth-order valence-corrected chi connectivity index (χ4v) is 0.860. The third kappa shape index (κ3) is 5.80. The minimum atomic E-state index is 0.261. The lowest BCUT2D eigenvalue weighted by molar-refractivity contribution is 0.676. The smallest absolute Gasteiger partial charge is 0.0830 e. The Hall–Kier alpha value is -0.960. The van der Waals surface area contributed by atoms with E-state index in [4.69, 9.17) is 17.0 Å². The summed E-state index contributed by atoms with van der Waals surface area (Å²) in [6.45, 7) is 4.30. The highest BCUT2D eigenvalue weighted by Gasteiger charge is 1.99.